The molecule has 0 aromatic carbocycles. The summed E-state index contributed by atoms with van der Waals surface area (Å²) in [5.74, 6) is 5.06. The summed E-state index contributed by atoms with van der Waals surface area (Å²) in [5, 5.41) is 0. The van der Waals surface area contributed by atoms with Crippen molar-refractivity contribution in [1.29, 1.82) is 0 Å². The largest absolute Gasteiger partial charge is 0.461 e. The van der Waals surface area contributed by atoms with Crippen LogP contribution in [0.1, 0.15) is 65.7 Å². The third-order valence-electron chi connectivity index (χ3n) is 8.20. The average Bonchev–Trinajstić information content (AvgIpc) is 2.92. The van der Waals surface area contributed by atoms with Gasteiger partial charge in [-0.3, -0.25) is 9.59 Å². The van der Waals surface area contributed by atoms with E-state index < -0.39 is 0 Å². The Kier molecular flexibility index (Phi) is 5.06. The molecule has 0 aliphatic heterocycles. The van der Waals surface area contributed by atoms with Crippen molar-refractivity contribution in [3.05, 3.63) is 11.6 Å². The van der Waals surface area contributed by atoms with Gasteiger partial charge in [0.1, 0.15) is 12.2 Å². The molecule has 0 aromatic heterocycles. The number of allylic oxidation sites excluding steroid dienone is 1. The maximum absolute atomic E-state index is 11.7. The monoisotopic (exact) mass is 384 g/mol. The molecule has 0 aromatic rings. The molecule has 3 fully saturated rings. The van der Waals surface area contributed by atoms with E-state index in [1.807, 2.05) is 0 Å². The molecule has 0 radical (unpaired) electrons. The molecule has 0 saturated heterocycles. The van der Waals surface area contributed by atoms with Crippen molar-refractivity contribution in [3.63, 3.8) is 0 Å². The second-order valence-electron chi connectivity index (χ2n) is 9.63. The van der Waals surface area contributed by atoms with Crippen molar-refractivity contribution >= 4 is 11.9 Å². The van der Waals surface area contributed by atoms with Gasteiger partial charge in [-0.1, -0.05) is 18.4 Å². The Balaban J connectivity index is 1.55. The van der Waals surface area contributed by atoms with Gasteiger partial charge in [0.15, 0.2) is 0 Å². The van der Waals surface area contributed by atoms with E-state index in [1.165, 1.54) is 32.3 Å². The number of hydrogen-bond acceptors (Lipinski definition) is 4. The third kappa shape index (κ3) is 3.17. The molecule has 0 bridgehead atoms. The molecule has 4 aliphatic rings. The number of hydrogen-bond donors (Lipinski definition) is 0. The molecule has 28 heavy (non-hydrogen) atoms. The maximum atomic E-state index is 11.7. The van der Waals surface area contributed by atoms with E-state index in [9.17, 15) is 9.59 Å². The molecule has 0 N–H and O–H groups in total. The highest BCUT2D eigenvalue weighted by Crippen LogP contribution is 2.63. The van der Waals surface area contributed by atoms with Gasteiger partial charge in [-0.25, -0.2) is 0 Å². The Labute approximate surface area is 168 Å². The van der Waals surface area contributed by atoms with E-state index >= 15 is 0 Å². The Morgan fingerprint density at radius 1 is 1.11 bits per heavy atom. The zero-order valence-corrected chi connectivity index (χ0v) is 17.3. The van der Waals surface area contributed by atoms with Crippen molar-refractivity contribution in [3.8, 4) is 12.3 Å². The maximum Gasteiger partial charge on any atom is 0.303 e. The Hall–Kier alpha value is -1.76. The van der Waals surface area contributed by atoms with Crippen LogP contribution >= 0.6 is 0 Å². The third-order valence-corrected chi connectivity index (χ3v) is 8.20. The van der Waals surface area contributed by atoms with Crippen LogP contribution in [0.4, 0.5) is 0 Å². The summed E-state index contributed by atoms with van der Waals surface area (Å²) in [4.78, 5) is 23.0. The molecular weight excluding hydrogens is 352 g/mol. The first-order chi connectivity index (χ1) is 13.3. The number of terminal acetylenes is 1. The molecule has 152 valence electrons. The first-order valence-corrected chi connectivity index (χ1v) is 10.8. The van der Waals surface area contributed by atoms with Gasteiger partial charge in [0.2, 0.25) is 0 Å². The number of carbonyl (C=O) groups excluding carboxylic acids is 2. The SMILES string of the molecule is C#C[C@@H]1C[C@@H]2[C@@H]3CCC4=C[C@@H](OC(C)=O)CC[C@@H]4[C@@H]3CC[C@]2(C)[C@H]1OC(C)=O. The number of fused-ring (bicyclic) bond motifs is 5. The summed E-state index contributed by atoms with van der Waals surface area (Å²) in [6, 6.07) is 0. The molecule has 0 heterocycles. The summed E-state index contributed by atoms with van der Waals surface area (Å²) in [6.07, 6.45) is 15.4. The van der Waals surface area contributed by atoms with Crippen LogP contribution < -0.4 is 0 Å². The van der Waals surface area contributed by atoms with E-state index in [1.54, 1.807) is 0 Å². The van der Waals surface area contributed by atoms with Crippen molar-refractivity contribution in [2.75, 3.05) is 0 Å². The average molecular weight is 385 g/mol. The van der Waals surface area contributed by atoms with Crippen molar-refractivity contribution < 1.29 is 19.1 Å². The standard InChI is InChI=1S/C24H32O4/c1-5-16-13-22-21-8-6-17-12-18(27-14(2)25)7-9-19(17)20(21)10-11-24(22,4)23(16)28-15(3)26/h1,12,16,18-23H,6-11,13H2,2-4H3/t16-,18+,19+,20+,21-,22-,23+,24+/m1/s1. The highest BCUT2D eigenvalue weighted by atomic mass is 16.5. The van der Waals surface area contributed by atoms with Gasteiger partial charge in [-0.15, -0.1) is 6.42 Å². The number of esters is 2. The summed E-state index contributed by atoms with van der Waals surface area (Å²) in [6.45, 7) is 5.29. The zero-order chi connectivity index (χ0) is 20.1. The minimum Gasteiger partial charge on any atom is -0.461 e. The fourth-order valence-electron chi connectivity index (χ4n) is 7.16. The molecule has 0 spiro atoms. The van der Waals surface area contributed by atoms with Gasteiger partial charge >= 0.3 is 11.9 Å². The smallest absolute Gasteiger partial charge is 0.303 e. The van der Waals surface area contributed by atoms with Crippen LogP contribution in [0.2, 0.25) is 0 Å². The zero-order valence-electron chi connectivity index (χ0n) is 17.3. The van der Waals surface area contributed by atoms with Gasteiger partial charge < -0.3 is 9.47 Å². The van der Waals surface area contributed by atoms with E-state index in [0.717, 1.165) is 32.1 Å². The van der Waals surface area contributed by atoms with Crippen molar-refractivity contribution in [2.24, 2.45) is 35.0 Å². The van der Waals surface area contributed by atoms with Crippen LogP contribution in [-0.2, 0) is 19.1 Å². The Morgan fingerprint density at radius 2 is 1.86 bits per heavy atom. The quantitative estimate of drug-likeness (QED) is 0.405. The van der Waals surface area contributed by atoms with Crippen molar-refractivity contribution in [2.45, 2.75) is 77.9 Å². The lowest BCUT2D eigenvalue weighted by Crippen LogP contribution is -2.48. The van der Waals surface area contributed by atoms with Crippen LogP contribution in [0.15, 0.2) is 11.6 Å². The second kappa shape index (κ2) is 7.25. The van der Waals surface area contributed by atoms with Crippen LogP contribution in [0.3, 0.4) is 0 Å². The summed E-state index contributed by atoms with van der Waals surface area (Å²) in [7, 11) is 0. The fourth-order valence-corrected chi connectivity index (χ4v) is 7.16. The van der Waals surface area contributed by atoms with Gasteiger partial charge in [-0.05, 0) is 74.7 Å². The minimum absolute atomic E-state index is 0.0000337. The molecule has 4 heteroatoms. The number of rotatable bonds is 2. The van der Waals surface area contributed by atoms with E-state index in [2.05, 4.69) is 18.9 Å². The molecule has 4 rings (SSSR count). The first-order valence-electron chi connectivity index (χ1n) is 10.8. The molecule has 4 nitrogen and oxygen atoms in total. The molecule has 4 aliphatic carbocycles. The molecule has 8 atom stereocenters. The molecular formula is C24H32O4. The van der Waals surface area contributed by atoms with Crippen LogP contribution in [0, 0.1) is 47.3 Å². The van der Waals surface area contributed by atoms with E-state index in [0.29, 0.717) is 23.7 Å². The lowest BCUT2D eigenvalue weighted by Gasteiger charge is -2.53. The normalized spacial score (nSPS) is 44.2. The topological polar surface area (TPSA) is 52.6 Å². The van der Waals surface area contributed by atoms with Crippen LogP contribution in [0.5, 0.6) is 0 Å². The van der Waals surface area contributed by atoms with Gasteiger partial charge in [0.25, 0.3) is 0 Å². The molecule has 0 unspecified atom stereocenters. The van der Waals surface area contributed by atoms with Gasteiger partial charge in [0, 0.05) is 19.3 Å². The van der Waals surface area contributed by atoms with Crippen molar-refractivity contribution in [1.82, 2.24) is 0 Å². The van der Waals surface area contributed by atoms with Gasteiger partial charge in [-0.2, -0.15) is 0 Å². The predicted molar refractivity (Wildman–Crippen MR) is 106 cm³/mol. The minimum atomic E-state index is -0.216. The summed E-state index contributed by atoms with van der Waals surface area (Å²) >= 11 is 0. The first kappa shape index (κ1) is 19.6. The summed E-state index contributed by atoms with van der Waals surface area (Å²) in [5.41, 5.74) is 1.51. The van der Waals surface area contributed by atoms with E-state index in [4.69, 9.17) is 15.9 Å². The number of carbonyl (C=O) groups is 2. The highest BCUT2D eigenvalue weighted by Gasteiger charge is 2.60. The lowest BCUT2D eigenvalue weighted by molar-refractivity contribution is -0.157. The Bertz CT molecular complexity index is 731. The number of ether oxygens (including phenoxy) is 2. The van der Waals surface area contributed by atoms with Crippen LogP contribution in [-0.4, -0.2) is 24.1 Å². The second-order valence-corrected chi connectivity index (χ2v) is 9.63. The summed E-state index contributed by atoms with van der Waals surface area (Å²) < 4.78 is 11.2. The van der Waals surface area contributed by atoms with Gasteiger partial charge in [0.05, 0.1) is 5.92 Å². The lowest BCUT2D eigenvalue weighted by atomic mass is 9.52. The molecule has 3 saturated carbocycles. The molecule has 0 amide bonds. The predicted octanol–water partition coefficient (Wildman–Crippen LogP) is 4.28. The highest BCUT2D eigenvalue weighted by molar-refractivity contribution is 5.66. The fraction of sp³-hybridized carbons (Fsp3) is 0.750. The van der Waals surface area contributed by atoms with Crippen LogP contribution in [0.25, 0.3) is 0 Å². The Morgan fingerprint density at radius 3 is 2.54 bits per heavy atom. The van der Waals surface area contributed by atoms with E-state index in [-0.39, 0.29) is 35.5 Å².